The fraction of sp³-hybridized carbons (Fsp3) is 0.208. The van der Waals surface area contributed by atoms with E-state index in [0.29, 0.717) is 5.75 Å². The first-order valence-electron chi connectivity index (χ1n) is 9.90. The van der Waals surface area contributed by atoms with E-state index in [0.717, 1.165) is 16.7 Å². The minimum atomic E-state index is -0.588. The lowest BCUT2D eigenvalue weighted by Crippen LogP contribution is -2.40. The number of benzene rings is 3. The molecule has 0 heterocycles. The van der Waals surface area contributed by atoms with Crippen LogP contribution in [0.5, 0.6) is 5.75 Å². The van der Waals surface area contributed by atoms with E-state index in [1.807, 2.05) is 61.5 Å². The molecule has 0 aliphatic carbocycles. The van der Waals surface area contributed by atoms with Gasteiger partial charge < -0.3 is 10.1 Å². The number of nitrogens with one attached hydrogen (secondary N) is 2. The monoisotopic (exact) mass is 419 g/mol. The molecule has 31 heavy (non-hydrogen) atoms. The molecule has 0 bridgehead atoms. The van der Waals surface area contributed by atoms with Crippen molar-refractivity contribution in [3.8, 4) is 5.75 Å². The number of carbonyl (C=O) groups excluding carboxylic acids is 1. The van der Waals surface area contributed by atoms with Crippen molar-refractivity contribution in [1.29, 1.82) is 0 Å². The summed E-state index contributed by atoms with van der Waals surface area (Å²) in [5, 5.41) is 17.2. The first kappa shape index (κ1) is 22.0. The normalized spacial score (nSPS) is 12.6. The molecule has 0 aromatic heterocycles. The van der Waals surface area contributed by atoms with Gasteiger partial charge in [-0.3, -0.25) is 20.2 Å². The van der Waals surface area contributed by atoms with Gasteiger partial charge in [-0.05, 0) is 31.0 Å². The molecule has 0 unspecified atom stereocenters. The van der Waals surface area contributed by atoms with E-state index in [4.69, 9.17) is 4.74 Å². The van der Waals surface area contributed by atoms with Gasteiger partial charge in [-0.1, -0.05) is 60.2 Å². The highest BCUT2D eigenvalue weighted by molar-refractivity contribution is 5.96. The molecule has 0 aliphatic heterocycles. The maximum Gasteiger partial charge on any atom is 0.271 e. The maximum absolute atomic E-state index is 12.9. The van der Waals surface area contributed by atoms with Gasteiger partial charge in [-0.15, -0.1) is 0 Å². The first-order valence-corrected chi connectivity index (χ1v) is 9.90. The van der Waals surface area contributed by atoms with Crippen LogP contribution in [0.3, 0.4) is 0 Å². The van der Waals surface area contributed by atoms with E-state index in [-0.39, 0.29) is 23.3 Å². The highest BCUT2D eigenvalue weighted by atomic mass is 16.6. The molecule has 0 spiro atoms. The van der Waals surface area contributed by atoms with Crippen LogP contribution in [0.15, 0.2) is 72.8 Å². The van der Waals surface area contributed by atoms with E-state index in [1.165, 1.54) is 25.3 Å². The number of hydrogen-bond donors (Lipinski definition) is 2. The van der Waals surface area contributed by atoms with Crippen molar-refractivity contribution < 1.29 is 14.5 Å². The summed E-state index contributed by atoms with van der Waals surface area (Å²) in [6, 6.07) is 21.3. The minimum absolute atomic E-state index is 0.126. The van der Waals surface area contributed by atoms with Gasteiger partial charge in [0.15, 0.2) is 0 Å². The maximum atomic E-state index is 12.9. The van der Waals surface area contributed by atoms with E-state index in [9.17, 15) is 14.9 Å². The second-order valence-corrected chi connectivity index (χ2v) is 7.27. The summed E-state index contributed by atoms with van der Waals surface area (Å²) in [5.74, 6) is 0.0242. The number of carbonyl (C=O) groups is 1. The minimum Gasteiger partial charge on any atom is -0.495 e. The molecule has 7 nitrogen and oxygen atoms in total. The zero-order valence-electron chi connectivity index (χ0n) is 17.7. The third kappa shape index (κ3) is 5.46. The van der Waals surface area contributed by atoms with Gasteiger partial charge in [0.25, 0.3) is 5.69 Å². The SMILES string of the molecule is COc1ccc([N+](=O)[O-])cc1NC(=O)[C@@H](C)N[C@@H](c1ccccc1)c1ccc(C)cc1. The molecule has 0 fully saturated rings. The Kier molecular flexibility index (Phi) is 6.99. The molecule has 1 amide bonds. The number of nitro benzene ring substituents is 1. The number of nitro groups is 1. The summed E-state index contributed by atoms with van der Waals surface area (Å²) in [4.78, 5) is 23.5. The van der Waals surface area contributed by atoms with E-state index in [2.05, 4.69) is 10.6 Å². The molecular formula is C24H25N3O4. The fourth-order valence-electron chi connectivity index (χ4n) is 3.26. The van der Waals surface area contributed by atoms with Gasteiger partial charge in [0.05, 0.1) is 29.8 Å². The quantitative estimate of drug-likeness (QED) is 0.411. The molecule has 0 saturated carbocycles. The Morgan fingerprint density at radius 2 is 1.65 bits per heavy atom. The first-order chi connectivity index (χ1) is 14.9. The van der Waals surface area contributed by atoms with Gasteiger partial charge in [0.1, 0.15) is 5.75 Å². The number of non-ortho nitro benzene ring substituents is 1. The standard InChI is InChI=1S/C24H25N3O4/c1-16-9-11-19(12-10-16)23(18-7-5-4-6-8-18)25-17(2)24(28)26-21-15-20(27(29)30)13-14-22(21)31-3/h4-15,17,23,25H,1-3H3,(H,26,28)/t17-,23+/m1/s1. The summed E-state index contributed by atoms with van der Waals surface area (Å²) in [5.41, 5.74) is 3.34. The zero-order valence-corrected chi connectivity index (χ0v) is 17.7. The smallest absolute Gasteiger partial charge is 0.271 e. The third-order valence-electron chi connectivity index (χ3n) is 5.01. The lowest BCUT2D eigenvalue weighted by Gasteiger charge is -2.24. The number of ether oxygens (including phenoxy) is 1. The van der Waals surface area contributed by atoms with Crippen molar-refractivity contribution in [1.82, 2.24) is 5.32 Å². The van der Waals surface area contributed by atoms with Crippen LogP contribution in [0, 0.1) is 17.0 Å². The Labute approximate surface area is 181 Å². The van der Waals surface area contributed by atoms with Crippen LogP contribution < -0.4 is 15.4 Å². The van der Waals surface area contributed by atoms with E-state index < -0.39 is 11.0 Å². The zero-order chi connectivity index (χ0) is 22.4. The number of methoxy groups -OCH3 is 1. The lowest BCUT2D eigenvalue weighted by molar-refractivity contribution is -0.384. The van der Waals surface area contributed by atoms with Crippen molar-refractivity contribution in [2.45, 2.75) is 25.9 Å². The van der Waals surface area contributed by atoms with Crippen LogP contribution in [-0.2, 0) is 4.79 Å². The van der Waals surface area contributed by atoms with Crippen LogP contribution in [0.25, 0.3) is 0 Å². The number of aryl methyl sites for hydroxylation is 1. The average molecular weight is 419 g/mol. The van der Waals surface area contributed by atoms with Crippen molar-refractivity contribution in [2.75, 3.05) is 12.4 Å². The number of hydrogen-bond acceptors (Lipinski definition) is 5. The summed E-state index contributed by atoms with van der Waals surface area (Å²) < 4.78 is 5.23. The Bertz CT molecular complexity index is 1050. The third-order valence-corrected chi connectivity index (χ3v) is 5.01. The predicted octanol–water partition coefficient (Wildman–Crippen LogP) is 4.62. The van der Waals surface area contributed by atoms with Gasteiger partial charge in [0, 0.05) is 12.1 Å². The van der Waals surface area contributed by atoms with Crippen molar-refractivity contribution in [3.05, 3.63) is 99.6 Å². The summed E-state index contributed by atoms with van der Waals surface area (Å²) in [6.45, 7) is 3.78. The number of amides is 1. The molecule has 0 radical (unpaired) electrons. The molecular weight excluding hydrogens is 394 g/mol. The Morgan fingerprint density at radius 1 is 1.00 bits per heavy atom. The van der Waals surface area contributed by atoms with Crippen molar-refractivity contribution in [2.24, 2.45) is 0 Å². The number of anilines is 1. The Balaban J connectivity index is 1.83. The summed E-state index contributed by atoms with van der Waals surface area (Å²) >= 11 is 0. The molecule has 2 atom stereocenters. The second kappa shape index (κ2) is 9.86. The number of rotatable bonds is 8. The average Bonchev–Trinajstić information content (AvgIpc) is 2.78. The molecule has 3 aromatic carbocycles. The Hall–Kier alpha value is -3.71. The molecule has 7 heteroatoms. The van der Waals surface area contributed by atoms with Crippen LogP contribution in [-0.4, -0.2) is 24.0 Å². The molecule has 3 rings (SSSR count). The van der Waals surface area contributed by atoms with E-state index >= 15 is 0 Å². The molecule has 0 saturated heterocycles. The molecule has 160 valence electrons. The Morgan fingerprint density at radius 3 is 2.26 bits per heavy atom. The second-order valence-electron chi connectivity index (χ2n) is 7.27. The largest absolute Gasteiger partial charge is 0.495 e. The topological polar surface area (TPSA) is 93.5 Å². The van der Waals surface area contributed by atoms with Crippen LogP contribution in [0.2, 0.25) is 0 Å². The van der Waals surface area contributed by atoms with Gasteiger partial charge in [-0.25, -0.2) is 0 Å². The number of nitrogens with zero attached hydrogens (tertiary/aromatic N) is 1. The van der Waals surface area contributed by atoms with Crippen LogP contribution in [0.4, 0.5) is 11.4 Å². The van der Waals surface area contributed by atoms with Crippen LogP contribution in [0.1, 0.15) is 29.7 Å². The van der Waals surface area contributed by atoms with Crippen molar-refractivity contribution in [3.63, 3.8) is 0 Å². The molecule has 3 aromatic rings. The highest BCUT2D eigenvalue weighted by Crippen LogP contribution is 2.29. The lowest BCUT2D eigenvalue weighted by atomic mass is 9.97. The van der Waals surface area contributed by atoms with Crippen molar-refractivity contribution >= 4 is 17.3 Å². The van der Waals surface area contributed by atoms with Gasteiger partial charge in [0.2, 0.25) is 5.91 Å². The molecule has 2 N–H and O–H groups in total. The summed E-state index contributed by atoms with van der Waals surface area (Å²) in [7, 11) is 1.45. The molecule has 0 aliphatic rings. The highest BCUT2D eigenvalue weighted by Gasteiger charge is 2.22. The van der Waals surface area contributed by atoms with Gasteiger partial charge in [-0.2, -0.15) is 0 Å². The predicted molar refractivity (Wildman–Crippen MR) is 120 cm³/mol. The van der Waals surface area contributed by atoms with E-state index in [1.54, 1.807) is 6.92 Å². The fourth-order valence-corrected chi connectivity index (χ4v) is 3.26. The van der Waals surface area contributed by atoms with Gasteiger partial charge >= 0.3 is 0 Å². The van der Waals surface area contributed by atoms with Crippen LogP contribution >= 0.6 is 0 Å². The summed E-state index contributed by atoms with van der Waals surface area (Å²) in [6.07, 6.45) is 0.